The summed E-state index contributed by atoms with van der Waals surface area (Å²) in [5.41, 5.74) is 2.32. The number of amides is 2. The summed E-state index contributed by atoms with van der Waals surface area (Å²) in [7, 11) is 0. The van der Waals surface area contributed by atoms with Crippen molar-refractivity contribution in [2.24, 2.45) is 0 Å². The molecule has 2 amide bonds. The second-order valence-electron chi connectivity index (χ2n) is 8.55. The Hall–Kier alpha value is -3.48. The zero-order chi connectivity index (χ0) is 22.7. The topological polar surface area (TPSA) is 93.1 Å². The standard InChI is InChI=1S/C25H28N4O3/c1-16-7-6-10-19(13-16)28-25(32)21-14-29(15-22(30)27-18-8-4-3-5-9-18)24-20(23(21)31)12-11-17(2)26-24/h6-7,10-14,18H,3-5,8-9,15H2,1-2H3,(H,27,30)(H,28,32). The lowest BCUT2D eigenvalue weighted by atomic mass is 9.95. The van der Waals surface area contributed by atoms with E-state index in [1.807, 2.05) is 32.0 Å². The molecule has 1 saturated carbocycles. The summed E-state index contributed by atoms with van der Waals surface area (Å²) in [6.45, 7) is 3.75. The number of fused-ring (bicyclic) bond motifs is 1. The Kier molecular flexibility index (Phi) is 6.35. The number of aromatic nitrogens is 2. The van der Waals surface area contributed by atoms with Crippen LogP contribution in [-0.2, 0) is 11.3 Å². The molecular weight excluding hydrogens is 404 g/mol. The predicted octanol–water partition coefficient (Wildman–Crippen LogP) is 3.71. The molecule has 1 fully saturated rings. The number of aryl methyl sites for hydroxylation is 2. The summed E-state index contributed by atoms with van der Waals surface area (Å²) >= 11 is 0. The monoisotopic (exact) mass is 432 g/mol. The number of anilines is 1. The molecule has 7 heteroatoms. The maximum Gasteiger partial charge on any atom is 0.261 e. The van der Waals surface area contributed by atoms with E-state index >= 15 is 0 Å². The van der Waals surface area contributed by atoms with Crippen molar-refractivity contribution in [1.29, 1.82) is 0 Å². The third-order valence-electron chi connectivity index (χ3n) is 5.87. The first-order valence-electron chi connectivity index (χ1n) is 11.1. The molecule has 1 aromatic carbocycles. The molecule has 0 aliphatic heterocycles. The number of hydrogen-bond donors (Lipinski definition) is 2. The summed E-state index contributed by atoms with van der Waals surface area (Å²) in [5, 5.41) is 6.20. The number of rotatable bonds is 5. The van der Waals surface area contributed by atoms with Gasteiger partial charge in [-0.05, 0) is 56.5 Å². The number of nitrogens with zero attached hydrogens (tertiary/aromatic N) is 2. The highest BCUT2D eigenvalue weighted by Crippen LogP contribution is 2.18. The molecule has 0 spiro atoms. The van der Waals surface area contributed by atoms with E-state index in [4.69, 9.17) is 0 Å². The highest BCUT2D eigenvalue weighted by atomic mass is 16.2. The molecule has 0 radical (unpaired) electrons. The van der Waals surface area contributed by atoms with Gasteiger partial charge in [0.25, 0.3) is 5.91 Å². The molecule has 0 atom stereocenters. The molecule has 3 aromatic rings. The zero-order valence-electron chi connectivity index (χ0n) is 18.5. The second kappa shape index (κ2) is 9.34. The van der Waals surface area contributed by atoms with Gasteiger partial charge in [0, 0.05) is 23.6 Å². The van der Waals surface area contributed by atoms with Crippen molar-refractivity contribution in [3.05, 3.63) is 69.6 Å². The average molecular weight is 433 g/mol. The van der Waals surface area contributed by atoms with Crippen LogP contribution in [0.3, 0.4) is 0 Å². The van der Waals surface area contributed by atoms with Gasteiger partial charge in [0.15, 0.2) is 0 Å². The van der Waals surface area contributed by atoms with Crippen LogP contribution in [0.15, 0.2) is 47.4 Å². The van der Waals surface area contributed by atoms with E-state index < -0.39 is 11.3 Å². The van der Waals surface area contributed by atoms with Crippen molar-refractivity contribution >= 4 is 28.5 Å². The Morgan fingerprint density at radius 2 is 1.88 bits per heavy atom. The summed E-state index contributed by atoms with van der Waals surface area (Å²) in [5.74, 6) is -0.653. The summed E-state index contributed by atoms with van der Waals surface area (Å²) in [6, 6.07) is 11.0. The molecule has 166 valence electrons. The Labute approximate surface area is 186 Å². The van der Waals surface area contributed by atoms with Crippen LogP contribution in [-0.4, -0.2) is 27.4 Å². The fraction of sp³-hybridized carbons (Fsp3) is 0.360. The number of benzene rings is 1. The van der Waals surface area contributed by atoms with Gasteiger partial charge in [0.2, 0.25) is 11.3 Å². The molecule has 1 aliphatic carbocycles. The van der Waals surface area contributed by atoms with Crippen LogP contribution in [0, 0.1) is 13.8 Å². The van der Waals surface area contributed by atoms with Crippen LogP contribution in [0.25, 0.3) is 11.0 Å². The molecule has 0 bridgehead atoms. The Balaban J connectivity index is 1.67. The van der Waals surface area contributed by atoms with Crippen LogP contribution < -0.4 is 16.1 Å². The van der Waals surface area contributed by atoms with Gasteiger partial charge in [-0.1, -0.05) is 31.4 Å². The number of nitrogens with one attached hydrogen (secondary N) is 2. The van der Waals surface area contributed by atoms with Gasteiger partial charge in [-0.3, -0.25) is 14.4 Å². The molecule has 1 aliphatic rings. The van der Waals surface area contributed by atoms with E-state index in [2.05, 4.69) is 15.6 Å². The van der Waals surface area contributed by atoms with Crippen molar-refractivity contribution in [1.82, 2.24) is 14.9 Å². The van der Waals surface area contributed by atoms with Crippen LogP contribution >= 0.6 is 0 Å². The number of carbonyl (C=O) groups is 2. The van der Waals surface area contributed by atoms with Crippen LogP contribution in [0.4, 0.5) is 5.69 Å². The summed E-state index contributed by atoms with van der Waals surface area (Å²) in [4.78, 5) is 43.3. The lowest BCUT2D eigenvalue weighted by Crippen LogP contribution is -2.38. The van der Waals surface area contributed by atoms with E-state index in [0.29, 0.717) is 16.7 Å². The molecule has 32 heavy (non-hydrogen) atoms. The van der Waals surface area contributed by atoms with Gasteiger partial charge in [-0.15, -0.1) is 0 Å². The number of carbonyl (C=O) groups excluding carboxylic acids is 2. The van der Waals surface area contributed by atoms with Crippen molar-refractivity contribution in [3.8, 4) is 0 Å². The normalized spacial score (nSPS) is 14.3. The average Bonchev–Trinajstić information content (AvgIpc) is 2.76. The van der Waals surface area contributed by atoms with Crippen molar-refractivity contribution in [2.75, 3.05) is 5.32 Å². The maximum atomic E-state index is 13.1. The highest BCUT2D eigenvalue weighted by Gasteiger charge is 2.20. The minimum Gasteiger partial charge on any atom is -0.352 e. The van der Waals surface area contributed by atoms with E-state index in [-0.39, 0.29) is 24.1 Å². The molecule has 7 nitrogen and oxygen atoms in total. The summed E-state index contributed by atoms with van der Waals surface area (Å²) in [6.07, 6.45) is 6.87. The van der Waals surface area contributed by atoms with E-state index in [1.165, 1.54) is 12.6 Å². The molecule has 2 N–H and O–H groups in total. The van der Waals surface area contributed by atoms with Gasteiger partial charge >= 0.3 is 0 Å². The van der Waals surface area contributed by atoms with Crippen LogP contribution in [0.2, 0.25) is 0 Å². The molecule has 2 heterocycles. The maximum absolute atomic E-state index is 13.1. The Bertz CT molecular complexity index is 1230. The predicted molar refractivity (Wildman–Crippen MR) is 125 cm³/mol. The van der Waals surface area contributed by atoms with E-state index in [1.54, 1.807) is 22.8 Å². The SMILES string of the molecule is Cc1cccc(NC(=O)c2cn(CC(=O)NC3CCCCC3)c3nc(C)ccc3c2=O)c1. The lowest BCUT2D eigenvalue weighted by Gasteiger charge is -2.23. The third kappa shape index (κ3) is 4.88. The zero-order valence-corrected chi connectivity index (χ0v) is 18.5. The number of pyridine rings is 2. The van der Waals surface area contributed by atoms with Gasteiger partial charge in [-0.25, -0.2) is 4.98 Å². The Morgan fingerprint density at radius 3 is 2.62 bits per heavy atom. The van der Waals surface area contributed by atoms with Crippen molar-refractivity contribution in [3.63, 3.8) is 0 Å². The van der Waals surface area contributed by atoms with Gasteiger partial charge in [-0.2, -0.15) is 0 Å². The molecule has 0 unspecified atom stereocenters. The smallest absolute Gasteiger partial charge is 0.261 e. The van der Waals surface area contributed by atoms with Gasteiger partial charge in [0.1, 0.15) is 17.8 Å². The molecule has 4 rings (SSSR count). The van der Waals surface area contributed by atoms with Crippen LogP contribution in [0.5, 0.6) is 0 Å². The molecule has 2 aromatic heterocycles. The minimum atomic E-state index is -0.510. The quantitative estimate of drug-likeness (QED) is 0.643. The van der Waals surface area contributed by atoms with Gasteiger partial charge < -0.3 is 15.2 Å². The van der Waals surface area contributed by atoms with Gasteiger partial charge in [0.05, 0.1) is 5.39 Å². The van der Waals surface area contributed by atoms with E-state index in [0.717, 1.165) is 36.9 Å². The fourth-order valence-electron chi connectivity index (χ4n) is 4.24. The van der Waals surface area contributed by atoms with Crippen LogP contribution in [0.1, 0.15) is 53.7 Å². The largest absolute Gasteiger partial charge is 0.352 e. The second-order valence-corrected chi connectivity index (χ2v) is 8.55. The first-order valence-corrected chi connectivity index (χ1v) is 11.1. The lowest BCUT2D eigenvalue weighted by molar-refractivity contribution is -0.122. The molecular formula is C25H28N4O3. The van der Waals surface area contributed by atoms with E-state index in [9.17, 15) is 14.4 Å². The number of hydrogen-bond acceptors (Lipinski definition) is 4. The van der Waals surface area contributed by atoms with Crippen molar-refractivity contribution in [2.45, 2.75) is 58.5 Å². The summed E-state index contributed by atoms with van der Waals surface area (Å²) < 4.78 is 1.60. The first-order chi connectivity index (χ1) is 15.4. The first kappa shape index (κ1) is 21.7. The minimum absolute atomic E-state index is 0.00550. The Morgan fingerprint density at radius 1 is 1.09 bits per heavy atom. The third-order valence-corrected chi connectivity index (χ3v) is 5.87. The van der Waals surface area contributed by atoms with Crippen molar-refractivity contribution < 1.29 is 9.59 Å². The highest BCUT2D eigenvalue weighted by molar-refractivity contribution is 6.05. The fourth-order valence-corrected chi connectivity index (χ4v) is 4.24. The molecule has 0 saturated heterocycles.